The fraction of sp³-hybridized carbons (Fsp3) is 0.0556. The third kappa shape index (κ3) is 4.02. The fourth-order valence-corrected chi connectivity index (χ4v) is 3.82. The maximum atomic E-state index is 12.2. The molecule has 0 saturated heterocycles. The summed E-state index contributed by atoms with van der Waals surface area (Å²) < 4.78 is 1.37. The van der Waals surface area contributed by atoms with E-state index in [1.807, 2.05) is 35.7 Å². The summed E-state index contributed by atoms with van der Waals surface area (Å²) in [5.41, 5.74) is 2.64. The number of hydrogen-bond acceptors (Lipinski definition) is 8. The number of carbonyl (C=O) groups is 1. The second-order valence-corrected chi connectivity index (χ2v) is 7.45. The second-order valence-electron chi connectivity index (χ2n) is 5.65. The van der Waals surface area contributed by atoms with Crippen LogP contribution in [-0.4, -0.2) is 36.5 Å². The quantitative estimate of drug-likeness (QED) is 0.372. The smallest absolute Gasteiger partial charge is 0.236 e. The van der Waals surface area contributed by atoms with Gasteiger partial charge in [-0.2, -0.15) is 0 Å². The lowest BCUT2D eigenvalue weighted by molar-refractivity contribution is -0.113. The highest BCUT2D eigenvalue weighted by molar-refractivity contribution is 7.99. The monoisotopic (exact) mass is 409 g/mol. The second kappa shape index (κ2) is 8.19. The summed E-state index contributed by atoms with van der Waals surface area (Å²) in [5, 5.41) is 13.9. The lowest BCUT2D eigenvalue weighted by Crippen LogP contribution is -2.16. The number of nitrogens with one attached hydrogen (secondary N) is 1. The molecule has 1 aromatic carbocycles. The highest BCUT2D eigenvalue weighted by atomic mass is 32.2. The van der Waals surface area contributed by atoms with E-state index in [4.69, 9.17) is 5.84 Å². The molecule has 0 bridgehead atoms. The minimum absolute atomic E-state index is 0.145. The van der Waals surface area contributed by atoms with Gasteiger partial charge in [0.05, 0.1) is 11.4 Å². The Morgan fingerprint density at radius 1 is 1.11 bits per heavy atom. The summed E-state index contributed by atoms with van der Waals surface area (Å²) in [7, 11) is 0. The Kier molecular flexibility index (Phi) is 5.31. The molecular formula is C18H15N7OS2. The van der Waals surface area contributed by atoms with Gasteiger partial charge in [0.2, 0.25) is 11.1 Å². The SMILES string of the molecule is Nn1c(SCC(=O)Nc2nc(-c3ccccc3)cs2)nnc1-c1ccncc1. The summed E-state index contributed by atoms with van der Waals surface area (Å²) in [6.07, 6.45) is 3.31. The maximum Gasteiger partial charge on any atom is 0.236 e. The van der Waals surface area contributed by atoms with Crippen molar-refractivity contribution in [2.24, 2.45) is 0 Å². The molecule has 0 spiro atoms. The zero-order valence-corrected chi connectivity index (χ0v) is 16.2. The van der Waals surface area contributed by atoms with E-state index in [1.54, 1.807) is 24.5 Å². The predicted molar refractivity (Wildman–Crippen MR) is 110 cm³/mol. The van der Waals surface area contributed by atoms with Crippen molar-refractivity contribution in [3.63, 3.8) is 0 Å². The molecule has 3 aromatic heterocycles. The zero-order valence-electron chi connectivity index (χ0n) is 14.5. The Bertz CT molecular complexity index is 1080. The first kappa shape index (κ1) is 18.1. The zero-order chi connectivity index (χ0) is 19.3. The minimum atomic E-state index is -0.188. The molecule has 4 rings (SSSR count). The number of thioether (sulfide) groups is 1. The molecule has 0 fully saturated rings. The molecule has 0 radical (unpaired) electrons. The van der Waals surface area contributed by atoms with Crippen LogP contribution in [0.5, 0.6) is 0 Å². The molecule has 140 valence electrons. The van der Waals surface area contributed by atoms with Crippen LogP contribution in [0.1, 0.15) is 0 Å². The Labute approximate surface area is 168 Å². The summed E-state index contributed by atoms with van der Waals surface area (Å²) in [6.45, 7) is 0. The third-order valence-electron chi connectivity index (χ3n) is 3.76. The average Bonchev–Trinajstić information content (AvgIpc) is 3.34. The summed E-state index contributed by atoms with van der Waals surface area (Å²) in [4.78, 5) is 20.7. The maximum absolute atomic E-state index is 12.2. The molecule has 0 unspecified atom stereocenters. The van der Waals surface area contributed by atoms with Crippen LogP contribution in [0, 0.1) is 0 Å². The van der Waals surface area contributed by atoms with Gasteiger partial charge in [-0.1, -0.05) is 42.1 Å². The van der Waals surface area contributed by atoms with E-state index in [9.17, 15) is 4.79 Å². The lowest BCUT2D eigenvalue weighted by atomic mass is 10.2. The first-order valence-corrected chi connectivity index (χ1v) is 10.1. The number of anilines is 1. The van der Waals surface area contributed by atoms with Crippen molar-refractivity contribution >= 4 is 34.1 Å². The van der Waals surface area contributed by atoms with E-state index in [-0.39, 0.29) is 11.7 Å². The number of nitrogens with two attached hydrogens (primary N) is 1. The van der Waals surface area contributed by atoms with Crippen LogP contribution >= 0.6 is 23.1 Å². The van der Waals surface area contributed by atoms with Gasteiger partial charge in [-0.15, -0.1) is 21.5 Å². The van der Waals surface area contributed by atoms with Gasteiger partial charge in [-0.25, -0.2) is 9.66 Å². The largest absolute Gasteiger partial charge is 0.335 e. The highest BCUT2D eigenvalue weighted by Gasteiger charge is 2.14. The van der Waals surface area contributed by atoms with Crippen molar-refractivity contribution in [3.05, 3.63) is 60.2 Å². The van der Waals surface area contributed by atoms with Crippen LogP contribution in [-0.2, 0) is 4.79 Å². The lowest BCUT2D eigenvalue weighted by Gasteiger charge is -2.03. The van der Waals surface area contributed by atoms with Crippen molar-refractivity contribution in [3.8, 4) is 22.6 Å². The van der Waals surface area contributed by atoms with Crippen molar-refractivity contribution < 1.29 is 4.79 Å². The average molecular weight is 410 g/mol. The van der Waals surface area contributed by atoms with Crippen molar-refractivity contribution in [2.75, 3.05) is 16.9 Å². The fourth-order valence-electron chi connectivity index (χ4n) is 2.43. The van der Waals surface area contributed by atoms with Gasteiger partial charge in [-0.3, -0.25) is 9.78 Å². The molecule has 4 aromatic rings. The molecule has 0 aliphatic carbocycles. The molecular weight excluding hydrogens is 394 g/mol. The number of benzene rings is 1. The number of nitrogen functional groups attached to an aromatic ring is 1. The van der Waals surface area contributed by atoms with Crippen molar-refractivity contribution in [1.29, 1.82) is 0 Å². The van der Waals surface area contributed by atoms with E-state index in [2.05, 4.69) is 25.5 Å². The van der Waals surface area contributed by atoms with Crippen LogP contribution in [0.3, 0.4) is 0 Å². The van der Waals surface area contributed by atoms with Gasteiger partial charge in [-0.05, 0) is 12.1 Å². The molecule has 1 amide bonds. The van der Waals surface area contributed by atoms with Gasteiger partial charge < -0.3 is 11.2 Å². The molecule has 3 N–H and O–H groups in total. The molecule has 0 aliphatic rings. The Balaban J connectivity index is 1.37. The minimum Gasteiger partial charge on any atom is -0.335 e. The molecule has 8 nitrogen and oxygen atoms in total. The topological polar surface area (TPSA) is 112 Å². The van der Waals surface area contributed by atoms with Gasteiger partial charge in [0.15, 0.2) is 11.0 Å². The van der Waals surface area contributed by atoms with E-state index >= 15 is 0 Å². The number of carbonyl (C=O) groups excluding carboxylic acids is 1. The van der Waals surface area contributed by atoms with Gasteiger partial charge in [0, 0.05) is 28.9 Å². The molecule has 0 aliphatic heterocycles. The molecule has 28 heavy (non-hydrogen) atoms. The number of rotatable bonds is 6. The Morgan fingerprint density at radius 2 is 1.89 bits per heavy atom. The molecule has 10 heteroatoms. The van der Waals surface area contributed by atoms with Gasteiger partial charge in [0.25, 0.3) is 0 Å². The van der Waals surface area contributed by atoms with E-state index in [1.165, 1.54) is 27.8 Å². The molecule has 3 heterocycles. The van der Waals surface area contributed by atoms with Gasteiger partial charge >= 0.3 is 0 Å². The van der Waals surface area contributed by atoms with E-state index < -0.39 is 0 Å². The third-order valence-corrected chi connectivity index (χ3v) is 5.46. The summed E-state index contributed by atoms with van der Waals surface area (Å²) in [5.74, 6) is 6.52. The Morgan fingerprint density at radius 3 is 2.68 bits per heavy atom. The van der Waals surface area contributed by atoms with E-state index in [0.717, 1.165) is 16.8 Å². The van der Waals surface area contributed by atoms with E-state index in [0.29, 0.717) is 16.1 Å². The number of aromatic nitrogens is 5. The standard InChI is InChI=1S/C18H15N7OS2/c19-25-16(13-6-8-20-9-7-13)23-24-18(25)28-11-15(26)22-17-21-14(10-27-17)12-4-2-1-3-5-12/h1-10H,11,19H2,(H,21,22,26). The molecule has 0 saturated carbocycles. The highest BCUT2D eigenvalue weighted by Crippen LogP contribution is 2.25. The number of nitrogens with zero attached hydrogens (tertiary/aromatic N) is 5. The summed E-state index contributed by atoms with van der Waals surface area (Å²) >= 11 is 2.59. The van der Waals surface area contributed by atoms with Crippen LogP contribution < -0.4 is 11.2 Å². The van der Waals surface area contributed by atoms with Gasteiger partial charge in [0.1, 0.15) is 0 Å². The number of hydrogen-bond donors (Lipinski definition) is 2. The van der Waals surface area contributed by atoms with Crippen LogP contribution in [0.4, 0.5) is 5.13 Å². The normalized spacial score (nSPS) is 10.7. The molecule has 0 atom stereocenters. The first-order valence-electron chi connectivity index (χ1n) is 8.25. The number of thiazole rings is 1. The van der Waals surface area contributed by atoms with Crippen molar-refractivity contribution in [1.82, 2.24) is 24.8 Å². The van der Waals surface area contributed by atoms with Crippen LogP contribution in [0.25, 0.3) is 22.6 Å². The first-order chi connectivity index (χ1) is 13.7. The number of amides is 1. The van der Waals surface area contributed by atoms with Crippen molar-refractivity contribution in [2.45, 2.75) is 5.16 Å². The Hall–Kier alpha value is -3.24. The number of pyridine rings is 1. The summed E-state index contributed by atoms with van der Waals surface area (Å²) in [6, 6.07) is 13.4. The van der Waals surface area contributed by atoms with Crippen LogP contribution in [0.2, 0.25) is 0 Å². The predicted octanol–water partition coefficient (Wildman–Crippen LogP) is 2.91. The van der Waals surface area contributed by atoms with Crippen LogP contribution in [0.15, 0.2) is 65.4 Å².